The number of nitrogens with zero attached hydrogens (tertiary/aromatic N) is 1. The summed E-state index contributed by atoms with van der Waals surface area (Å²) >= 11 is 0. The molecule has 0 aromatic heterocycles. The molecule has 1 aliphatic heterocycles. The Labute approximate surface area is 123 Å². The van der Waals surface area contributed by atoms with Crippen LogP contribution < -0.4 is 5.73 Å². The summed E-state index contributed by atoms with van der Waals surface area (Å²) in [5, 5.41) is 0. The topological polar surface area (TPSA) is 63.4 Å². The van der Waals surface area contributed by atoms with Crippen molar-refractivity contribution in [1.29, 1.82) is 0 Å². The van der Waals surface area contributed by atoms with Crippen LogP contribution in [0.15, 0.2) is 0 Å². The number of nitrogens with two attached hydrogens (primary N) is 1. The maximum absolute atomic E-state index is 12.3. The lowest BCUT2D eigenvalue weighted by molar-refractivity contribution is 0.255. The number of sulfonamides is 1. The van der Waals surface area contributed by atoms with E-state index in [-0.39, 0.29) is 12.4 Å². The Bertz CT molecular complexity index is 356. The molecule has 0 spiro atoms. The smallest absolute Gasteiger partial charge is 0.214 e. The van der Waals surface area contributed by atoms with Gasteiger partial charge >= 0.3 is 0 Å². The van der Waals surface area contributed by atoms with Crippen LogP contribution in [0.2, 0.25) is 0 Å². The van der Waals surface area contributed by atoms with Crippen LogP contribution in [0.1, 0.15) is 44.9 Å². The first kappa shape index (κ1) is 17.2. The molecule has 0 radical (unpaired) electrons. The Kier molecular flexibility index (Phi) is 7.08. The molecule has 1 unspecified atom stereocenters. The molecule has 0 bridgehead atoms. The van der Waals surface area contributed by atoms with Gasteiger partial charge in [0.2, 0.25) is 10.0 Å². The quantitative estimate of drug-likeness (QED) is 0.816. The van der Waals surface area contributed by atoms with Gasteiger partial charge in [0.25, 0.3) is 0 Å². The third-order valence-electron chi connectivity index (χ3n) is 4.46. The van der Waals surface area contributed by atoms with Gasteiger partial charge in [0, 0.05) is 13.1 Å². The van der Waals surface area contributed by atoms with Crippen molar-refractivity contribution >= 4 is 22.4 Å². The van der Waals surface area contributed by atoms with Crippen LogP contribution in [0.3, 0.4) is 0 Å². The molecule has 1 aliphatic carbocycles. The minimum atomic E-state index is -3.01. The first-order valence-electron chi connectivity index (χ1n) is 7.29. The van der Waals surface area contributed by atoms with Crippen molar-refractivity contribution in [3.8, 4) is 0 Å². The van der Waals surface area contributed by atoms with E-state index in [9.17, 15) is 8.42 Å². The molecule has 2 N–H and O–H groups in total. The Morgan fingerprint density at radius 3 is 2.32 bits per heavy atom. The highest BCUT2D eigenvalue weighted by molar-refractivity contribution is 7.89. The van der Waals surface area contributed by atoms with Gasteiger partial charge in [-0.05, 0) is 44.1 Å². The van der Waals surface area contributed by atoms with E-state index in [2.05, 4.69) is 0 Å². The van der Waals surface area contributed by atoms with Crippen molar-refractivity contribution in [2.75, 3.05) is 25.4 Å². The molecule has 6 heteroatoms. The zero-order valence-corrected chi connectivity index (χ0v) is 13.2. The predicted molar refractivity (Wildman–Crippen MR) is 81.0 cm³/mol. The lowest BCUT2D eigenvalue weighted by Gasteiger charge is -2.33. The number of hydrogen-bond acceptors (Lipinski definition) is 3. The summed E-state index contributed by atoms with van der Waals surface area (Å²) in [5.41, 5.74) is 5.57. The van der Waals surface area contributed by atoms with Crippen LogP contribution in [0, 0.1) is 11.8 Å². The van der Waals surface area contributed by atoms with E-state index in [4.69, 9.17) is 5.73 Å². The van der Waals surface area contributed by atoms with Crippen LogP contribution in [0.5, 0.6) is 0 Å². The van der Waals surface area contributed by atoms with E-state index >= 15 is 0 Å². The molecule has 19 heavy (non-hydrogen) atoms. The largest absolute Gasteiger partial charge is 0.330 e. The summed E-state index contributed by atoms with van der Waals surface area (Å²) in [5.74, 6) is 1.50. The maximum Gasteiger partial charge on any atom is 0.214 e. The average Bonchev–Trinajstić information content (AvgIpc) is 2.27. The Morgan fingerprint density at radius 2 is 1.74 bits per heavy atom. The van der Waals surface area contributed by atoms with E-state index in [1.165, 1.54) is 19.3 Å². The highest BCUT2D eigenvalue weighted by Gasteiger charge is 2.29. The van der Waals surface area contributed by atoms with Gasteiger partial charge in [0.15, 0.2) is 0 Å². The molecule has 1 atom stereocenters. The van der Waals surface area contributed by atoms with E-state index < -0.39 is 10.0 Å². The van der Waals surface area contributed by atoms with Crippen molar-refractivity contribution in [3.05, 3.63) is 0 Å². The van der Waals surface area contributed by atoms with Crippen molar-refractivity contribution in [1.82, 2.24) is 4.31 Å². The molecule has 1 saturated carbocycles. The van der Waals surface area contributed by atoms with Gasteiger partial charge in [-0.1, -0.05) is 19.3 Å². The standard InChI is InChI=1S/C13H26N2O2S.ClH/c14-8-6-13-5-2-9-15(11-13)18(16,17)10-7-12-3-1-4-12;/h12-13H,1-11,14H2;1H. The zero-order valence-electron chi connectivity index (χ0n) is 11.6. The lowest BCUT2D eigenvalue weighted by atomic mass is 9.84. The number of halogens is 1. The van der Waals surface area contributed by atoms with Gasteiger partial charge < -0.3 is 5.73 Å². The Hall–Kier alpha value is 0.160. The third-order valence-corrected chi connectivity index (χ3v) is 6.33. The second-order valence-corrected chi connectivity index (χ2v) is 7.93. The summed E-state index contributed by atoms with van der Waals surface area (Å²) < 4.78 is 26.3. The van der Waals surface area contributed by atoms with Crippen LogP contribution in [0.25, 0.3) is 0 Å². The summed E-state index contributed by atoms with van der Waals surface area (Å²) in [6, 6.07) is 0. The summed E-state index contributed by atoms with van der Waals surface area (Å²) in [6.07, 6.45) is 7.68. The van der Waals surface area contributed by atoms with E-state index in [0.717, 1.165) is 25.7 Å². The number of hydrogen-bond donors (Lipinski definition) is 1. The van der Waals surface area contributed by atoms with E-state index in [0.29, 0.717) is 37.2 Å². The van der Waals surface area contributed by atoms with Crippen molar-refractivity contribution in [3.63, 3.8) is 0 Å². The maximum atomic E-state index is 12.3. The fourth-order valence-electron chi connectivity index (χ4n) is 2.98. The zero-order chi connectivity index (χ0) is 13.0. The molecule has 0 amide bonds. The molecule has 1 heterocycles. The highest BCUT2D eigenvalue weighted by atomic mass is 35.5. The predicted octanol–water partition coefficient (Wildman–Crippen LogP) is 1.99. The van der Waals surface area contributed by atoms with Crippen molar-refractivity contribution in [2.24, 2.45) is 17.6 Å². The van der Waals surface area contributed by atoms with Gasteiger partial charge in [0.05, 0.1) is 5.75 Å². The first-order valence-corrected chi connectivity index (χ1v) is 8.90. The SMILES string of the molecule is Cl.NCCC1CCCN(S(=O)(=O)CCC2CCC2)C1. The van der Waals surface area contributed by atoms with Crippen molar-refractivity contribution in [2.45, 2.75) is 44.9 Å². The average molecular weight is 311 g/mol. The normalized spacial score (nSPS) is 25.6. The number of rotatable bonds is 6. The molecule has 4 nitrogen and oxygen atoms in total. The van der Waals surface area contributed by atoms with Crippen LogP contribution in [-0.2, 0) is 10.0 Å². The Morgan fingerprint density at radius 1 is 1.05 bits per heavy atom. The van der Waals surface area contributed by atoms with Crippen molar-refractivity contribution < 1.29 is 8.42 Å². The molecule has 2 rings (SSSR count). The van der Waals surface area contributed by atoms with Gasteiger partial charge in [0.1, 0.15) is 0 Å². The molecule has 2 fully saturated rings. The molecule has 114 valence electrons. The van der Waals surface area contributed by atoms with Gasteiger partial charge in [-0.25, -0.2) is 12.7 Å². The van der Waals surface area contributed by atoms with Gasteiger partial charge in [-0.15, -0.1) is 12.4 Å². The monoisotopic (exact) mass is 310 g/mol. The van der Waals surface area contributed by atoms with Gasteiger partial charge in [-0.3, -0.25) is 0 Å². The molecular weight excluding hydrogens is 284 g/mol. The number of piperidine rings is 1. The molecule has 0 aromatic carbocycles. The van der Waals surface area contributed by atoms with Crippen LogP contribution in [-0.4, -0.2) is 38.1 Å². The fraction of sp³-hybridized carbons (Fsp3) is 1.00. The molecular formula is C13H27ClN2O2S. The molecule has 0 aromatic rings. The molecule has 1 saturated heterocycles. The highest BCUT2D eigenvalue weighted by Crippen LogP contribution is 2.30. The second kappa shape index (κ2) is 7.81. The summed E-state index contributed by atoms with van der Waals surface area (Å²) in [6.45, 7) is 2.08. The summed E-state index contributed by atoms with van der Waals surface area (Å²) in [7, 11) is -3.01. The van der Waals surface area contributed by atoms with Gasteiger partial charge in [-0.2, -0.15) is 0 Å². The Balaban J connectivity index is 0.00000180. The second-order valence-electron chi connectivity index (χ2n) is 5.85. The minimum absolute atomic E-state index is 0. The van der Waals surface area contributed by atoms with Crippen LogP contribution >= 0.6 is 12.4 Å². The minimum Gasteiger partial charge on any atom is -0.330 e. The molecule has 2 aliphatic rings. The third kappa shape index (κ3) is 4.88. The fourth-order valence-corrected chi connectivity index (χ4v) is 4.71. The van der Waals surface area contributed by atoms with E-state index in [1.807, 2.05) is 0 Å². The van der Waals surface area contributed by atoms with Crippen LogP contribution in [0.4, 0.5) is 0 Å². The first-order chi connectivity index (χ1) is 8.62. The lowest BCUT2D eigenvalue weighted by Crippen LogP contribution is -2.41. The summed E-state index contributed by atoms with van der Waals surface area (Å²) in [4.78, 5) is 0. The van der Waals surface area contributed by atoms with E-state index in [1.54, 1.807) is 4.31 Å².